The molecular weight excluding hydrogens is 468 g/mol. The predicted octanol–water partition coefficient (Wildman–Crippen LogP) is 1.47. The first-order valence-corrected chi connectivity index (χ1v) is 11.2. The third-order valence-electron chi connectivity index (χ3n) is 4.90. The minimum absolute atomic E-state index is 0.350. The number of carbonyl (C=O) groups is 1. The third-order valence-corrected chi connectivity index (χ3v) is 5.15. The molecule has 0 aliphatic carbocycles. The van der Waals surface area contributed by atoms with E-state index in [0.717, 1.165) is 11.1 Å². The number of benzene rings is 1. The summed E-state index contributed by atoms with van der Waals surface area (Å²) in [5.41, 5.74) is 9.00. The van der Waals surface area contributed by atoms with Crippen LogP contribution in [0.25, 0.3) is 22.4 Å². The largest absolute Gasteiger partial charge is 0.425 e. The Hall–Kier alpha value is -4.00. The molecule has 4 aromatic rings. The second kappa shape index (κ2) is 11.0. The number of ether oxygens (including phenoxy) is 1. The zero-order valence-electron chi connectivity index (χ0n) is 18.9. The molecule has 0 radical (unpaired) electrons. The lowest BCUT2D eigenvalue weighted by atomic mass is 10.2. The molecule has 0 bridgehead atoms. The number of rotatable bonds is 8. The van der Waals surface area contributed by atoms with Gasteiger partial charge in [-0.05, 0) is 49.0 Å². The molecule has 0 saturated heterocycles. The van der Waals surface area contributed by atoms with E-state index in [0.29, 0.717) is 46.6 Å². The summed E-state index contributed by atoms with van der Waals surface area (Å²) in [7, 11) is 0. The van der Waals surface area contributed by atoms with Crippen molar-refractivity contribution in [2.45, 2.75) is 19.5 Å². The molecule has 0 saturated carbocycles. The van der Waals surface area contributed by atoms with Crippen molar-refractivity contribution in [1.82, 2.24) is 30.0 Å². The second-order valence-corrected chi connectivity index (χ2v) is 7.97. The number of hydrogen-bond donors (Lipinski definition) is 4. The first-order chi connectivity index (χ1) is 16.9. The van der Waals surface area contributed by atoms with Crippen molar-refractivity contribution in [3.8, 4) is 17.0 Å². The van der Waals surface area contributed by atoms with Crippen LogP contribution in [0.4, 0.5) is 5.82 Å². The first kappa shape index (κ1) is 24.1. The molecule has 0 spiro atoms. The summed E-state index contributed by atoms with van der Waals surface area (Å²) < 4.78 is 6.90. The van der Waals surface area contributed by atoms with Gasteiger partial charge in [-0.1, -0.05) is 12.1 Å². The van der Waals surface area contributed by atoms with Crippen LogP contribution in [-0.4, -0.2) is 60.1 Å². The van der Waals surface area contributed by atoms with E-state index in [1.54, 1.807) is 35.3 Å². The van der Waals surface area contributed by atoms with Crippen molar-refractivity contribution in [2.75, 3.05) is 18.5 Å². The Morgan fingerprint density at radius 2 is 2.00 bits per heavy atom. The van der Waals surface area contributed by atoms with Crippen LogP contribution in [0.15, 0.2) is 55.0 Å². The number of nitrogens with two attached hydrogens (primary N) is 1. The first-order valence-electron chi connectivity index (χ1n) is 10.8. The number of aliphatic hydroxyl groups is 1. The summed E-state index contributed by atoms with van der Waals surface area (Å²) in [4.78, 5) is 25.3. The van der Waals surface area contributed by atoms with Gasteiger partial charge in [0.1, 0.15) is 23.1 Å². The fraction of sp³-hybridized carbons (Fsp3) is 0.217. The van der Waals surface area contributed by atoms with E-state index >= 15 is 0 Å². The van der Waals surface area contributed by atoms with Crippen LogP contribution in [-0.2, 0) is 11.3 Å². The number of esters is 1. The van der Waals surface area contributed by atoms with Gasteiger partial charge in [-0.25, -0.2) is 14.8 Å². The van der Waals surface area contributed by atoms with Crippen molar-refractivity contribution in [2.24, 2.45) is 5.73 Å². The maximum atomic E-state index is 11.7. The molecule has 0 fully saturated rings. The quantitative estimate of drug-likeness (QED) is 0.161. The highest BCUT2D eigenvalue weighted by Gasteiger charge is 2.14. The van der Waals surface area contributed by atoms with Crippen LogP contribution in [0, 0.1) is 0 Å². The SMILES string of the molecule is CCNC(=S)Nc1ccc2ncc(-c3cnn(Cc4ccc(OC(=O)C(N)CO)cc4)c3)nc2n1. The minimum atomic E-state index is -1.07. The van der Waals surface area contributed by atoms with Crippen LogP contribution in [0.5, 0.6) is 5.75 Å². The van der Waals surface area contributed by atoms with Gasteiger partial charge in [0.05, 0.1) is 31.2 Å². The average Bonchev–Trinajstić information content (AvgIpc) is 3.33. The lowest BCUT2D eigenvalue weighted by Crippen LogP contribution is -2.37. The van der Waals surface area contributed by atoms with E-state index in [4.69, 9.17) is 27.8 Å². The molecule has 1 unspecified atom stereocenters. The van der Waals surface area contributed by atoms with Gasteiger partial charge in [-0.2, -0.15) is 5.10 Å². The molecule has 0 amide bonds. The molecule has 5 N–H and O–H groups in total. The van der Waals surface area contributed by atoms with Crippen LogP contribution in [0.3, 0.4) is 0 Å². The fourth-order valence-corrected chi connectivity index (χ4v) is 3.38. The minimum Gasteiger partial charge on any atom is -0.425 e. The molecule has 1 aromatic carbocycles. The van der Waals surface area contributed by atoms with E-state index in [9.17, 15) is 4.79 Å². The molecular formula is C23H24N8O3S. The number of nitrogens with zero attached hydrogens (tertiary/aromatic N) is 5. The molecule has 180 valence electrons. The Morgan fingerprint density at radius 1 is 1.20 bits per heavy atom. The van der Waals surface area contributed by atoms with Gasteiger partial charge in [-0.3, -0.25) is 9.67 Å². The molecule has 0 aliphatic heterocycles. The molecule has 3 aromatic heterocycles. The molecule has 3 heterocycles. The van der Waals surface area contributed by atoms with E-state index in [1.165, 1.54) is 0 Å². The third kappa shape index (κ3) is 6.12. The normalized spacial score (nSPS) is 11.7. The summed E-state index contributed by atoms with van der Waals surface area (Å²) in [6, 6.07) is 9.53. The van der Waals surface area contributed by atoms with Crippen LogP contribution in [0.2, 0.25) is 0 Å². The zero-order chi connectivity index (χ0) is 24.8. The van der Waals surface area contributed by atoms with Gasteiger partial charge < -0.3 is 26.2 Å². The maximum Gasteiger partial charge on any atom is 0.330 e. The van der Waals surface area contributed by atoms with E-state index in [2.05, 4.69) is 30.7 Å². The number of hydrogen-bond acceptors (Lipinski definition) is 9. The zero-order valence-corrected chi connectivity index (χ0v) is 19.7. The second-order valence-electron chi connectivity index (χ2n) is 7.56. The highest BCUT2D eigenvalue weighted by molar-refractivity contribution is 7.80. The Kier molecular flexibility index (Phi) is 7.55. The van der Waals surface area contributed by atoms with Gasteiger partial charge in [-0.15, -0.1) is 0 Å². The van der Waals surface area contributed by atoms with Crippen molar-refractivity contribution >= 4 is 40.3 Å². The van der Waals surface area contributed by atoms with Gasteiger partial charge in [0, 0.05) is 18.3 Å². The summed E-state index contributed by atoms with van der Waals surface area (Å²) in [5.74, 6) is 0.243. The van der Waals surface area contributed by atoms with E-state index in [1.807, 2.05) is 31.3 Å². The van der Waals surface area contributed by atoms with Gasteiger partial charge in [0.25, 0.3) is 0 Å². The predicted molar refractivity (Wildman–Crippen MR) is 135 cm³/mol. The standard InChI is InChI=1S/C23H24N8O3S/c1-2-25-23(35)30-20-8-7-18-21(29-20)28-19(10-26-18)15-9-27-31(12-15)11-14-3-5-16(6-4-14)34-22(33)17(24)13-32/h3-10,12,17,32H,2,11,13,24H2,1H3,(H2,25,28,29,30,35). The van der Waals surface area contributed by atoms with Crippen molar-refractivity contribution < 1.29 is 14.6 Å². The summed E-state index contributed by atoms with van der Waals surface area (Å²) >= 11 is 5.21. The Labute approximate surface area is 206 Å². The molecule has 0 aliphatic rings. The lowest BCUT2D eigenvalue weighted by Gasteiger charge is -2.09. The summed E-state index contributed by atoms with van der Waals surface area (Å²) in [6.07, 6.45) is 5.26. The molecule has 11 nitrogen and oxygen atoms in total. The Morgan fingerprint density at radius 3 is 2.74 bits per heavy atom. The van der Waals surface area contributed by atoms with E-state index in [-0.39, 0.29) is 0 Å². The molecule has 35 heavy (non-hydrogen) atoms. The van der Waals surface area contributed by atoms with Gasteiger partial charge >= 0.3 is 5.97 Å². The van der Waals surface area contributed by atoms with Crippen LogP contribution >= 0.6 is 12.2 Å². The monoisotopic (exact) mass is 492 g/mol. The summed E-state index contributed by atoms with van der Waals surface area (Å²) in [5, 5.41) is 19.9. The Bertz CT molecular complexity index is 1340. The van der Waals surface area contributed by atoms with Crippen LogP contribution in [0.1, 0.15) is 12.5 Å². The number of aliphatic hydroxyl groups excluding tert-OH is 1. The number of nitrogens with one attached hydrogen (secondary N) is 2. The number of aromatic nitrogens is 5. The Balaban J connectivity index is 1.45. The van der Waals surface area contributed by atoms with Crippen molar-refractivity contribution in [3.05, 3.63) is 60.6 Å². The number of fused-ring (bicyclic) bond motifs is 1. The number of thiocarbonyl (C=S) groups is 1. The van der Waals surface area contributed by atoms with Crippen molar-refractivity contribution in [1.29, 1.82) is 0 Å². The average molecular weight is 493 g/mol. The smallest absolute Gasteiger partial charge is 0.330 e. The van der Waals surface area contributed by atoms with Gasteiger partial charge in [0.15, 0.2) is 10.8 Å². The highest BCUT2D eigenvalue weighted by Crippen LogP contribution is 2.20. The summed E-state index contributed by atoms with van der Waals surface area (Å²) in [6.45, 7) is 2.70. The molecule has 12 heteroatoms. The molecule has 4 rings (SSSR count). The number of pyridine rings is 1. The molecule has 1 atom stereocenters. The number of anilines is 1. The maximum absolute atomic E-state index is 11.7. The van der Waals surface area contributed by atoms with Crippen LogP contribution < -0.4 is 21.1 Å². The topological polar surface area (TPSA) is 153 Å². The highest BCUT2D eigenvalue weighted by atomic mass is 32.1. The lowest BCUT2D eigenvalue weighted by molar-refractivity contribution is -0.136. The van der Waals surface area contributed by atoms with Crippen molar-refractivity contribution in [3.63, 3.8) is 0 Å². The van der Waals surface area contributed by atoms with E-state index < -0.39 is 18.6 Å². The number of carbonyl (C=O) groups excluding carboxylic acids is 1. The van der Waals surface area contributed by atoms with Gasteiger partial charge in [0.2, 0.25) is 0 Å². The fourth-order valence-electron chi connectivity index (χ4n) is 3.13.